The van der Waals surface area contributed by atoms with Gasteiger partial charge in [-0.2, -0.15) is 13.2 Å². The van der Waals surface area contributed by atoms with Crippen molar-refractivity contribution < 1.29 is 22.8 Å². The van der Waals surface area contributed by atoms with E-state index >= 15 is 0 Å². The number of likely N-dealkylation sites (N-methyl/N-ethyl adjacent to an activating group) is 1. The van der Waals surface area contributed by atoms with Gasteiger partial charge in [-0.05, 0) is 49.2 Å². The fourth-order valence-electron chi connectivity index (χ4n) is 3.25. The number of thioether (sulfide) groups is 1. The van der Waals surface area contributed by atoms with Gasteiger partial charge in [0.25, 0.3) is 0 Å². The predicted octanol–water partition coefficient (Wildman–Crippen LogP) is 4.70. The lowest BCUT2D eigenvalue weighted by atomic mass is 10.1. The first kappa shape index (κ1) is 24.4. The van der Waals surface area contributed by atoms with Crippen molar-refractivity contribution in [3.05, 3.63) is 71.5 Å². The molecule has 0 atom stereocenters. The first-order chi connectivity index (χ1) is 15.5. The van der Waals surface area contributed by atoms with E-state index in [2.05, 4.69) is 16.4 Å². The molecule has 0 saturated heterocycles. The Bertz CT molecular complexity index is 1140. The van der Waals surface area contributed by atoms with Crippen molar-refractivity contribution in [2.24, 2.45) is 0 Å². The molecule has 0 spiro atoms. The van der Waals surface area contributed by atoms with E-state index in [1.165, 1.54) is 41.9 Å². The van der Waals surface area contributed by atoms with Crippen LogP contribution in [0.15, 0.2) is 60.0 Å². The molecule has 3 aromatic rings. The summed E-state index contributed by atoms with van der Waals surface area (Å²) in [6, 6.07) is 10.8. The van der Waals surface area contributed by atoms with Crippen LogP contribution in [0.2, 0.25) is 0 Å². The number of rotatable bonds is 7. The third kappa shape index (κ3) is 6.38. The Hall–Kier alpha value is -3.27. The molecule has 174 valence electrons. The summed E-state index contributed by atoms with van der Waals surface area (Å²) in [6.45, 7) is 3.62. The van der Waals surface area contributed by atoms with Gasteiger partial charge in [-0.25, -0.2) is 4.98 Å². The number of carbonyl (C=O) groups is 2. The second-order valence-electron chi connectivity index (χ2n) is 7.56. The minimum Gasteiger partial charge on any atom is -0.336 e. The number of amides is 2. The lowest BCUT2D eigenvalue weighted by Gasteiger charge is -2.18. The lowest BCUT2D eigenvalue weighted by molar-refractivity contribution is -0.137. The van der Waals surface area contributed by atoms with E-state index in [0.29, 0.717) is 5.16 Å². The Labute approximate surface area is 193 Å². The van der Waals surface area contributed by atoms with Crippen molar-refractivity contribution in [2.45, 2.75) is 25.2 Å². The van der Waals surface area contributed by atoms with E-state index in [-0.39, 0.29) is 23.9 Å². The van der Waals surface area contributed by atoms with Gasteiger partial charge in [-0.1, -0.05) is 30.0 Å². The molecule has 2 amide bonds. The topological polar surface area (TPSA) is 67.2 Å². The number of alkyl halides is 3. The summed E-state index contributed by atoms with van der Waals surface area (Å²) >= 11 is 1.21. The third-order valence-electron chi connectivity index (χ3n) is 4.73. The van der Waals surface area contributed by atoms with Gasteiger partial charge in [-0.3, -0.25) is 14.2 Å². The third-order valence-corrected chi connectivity index (χ3v) is 5.68. The molecular weight excluding hydrogens is 453 g/mol. The molecule has 33 heavy (non-hydrogen) atoms. The first-order valence-corrected chi connectivity index (χ1v) is 11.0. The molecule has 1 N–H and O–H groups in total. The quantitative estimate of drug-likeness (QED) is 0.502. The highest BCUT2D eigenvalue weighted by atomic mass is 32.2. The number of hydrogen-bond acceptors (Lipinski definition) is 4. The number of aryl methyl sites for hydroxylation is 2. The Kier molecular flexibility index (Phi) is 7.47. The average molecular weight is 477 g/mol. The van der Waals surface area contributed by atoms with Crippen LogP contribution < -0.4 is 5.32 Å². The molecule has 0 aliphatic rings. The van der Waals surface area contributed by atoms with Crippen molar-refractivity contribution in [2.75, 3.05) is 24.7 Å². The van der Waals surface area contributed by atoms with Crippen LogP contribution in [0.3, 0.4) is 0 Å². The standard InChI is InChI=1S/C23H23F3N4O2S/c1-15-10-16(2)12-17(11-15)30-9-8-27-22(30)33-14-21(32)29(3)13-20(31)28-19-7-5-4-6-18(19)23(24,25)26/h4-12H,13-14H2,1-3H3,(H,28,31). The summed E-state index contributed by atoms with van der Waals surface area (Å²) in [6.07, 6.45) is -1.16. The number of hydrogen-bond donors (Lipinski definition) is 1. The summed E-state index contributed by atoms with van der Waals surface area (Å²) < 4.78 is 41.2. The van der Waals surface area contributed by atoms with Crippen molar-refractivity contribution in [3.63, 3.8) is 0 Å². The van der Waals surface area contributed by atoms with E-state index in [4.69, 9.17) is 0 Å². The first-order valence-electron chi connectivity index (χ1n) is 9.99. The molecule has 6 nitrogen and oxygen atoms in total. The number of carbonyl (C=O) groups excluding carboxylic acids is 2. The maximum absolute atomic E-state index is 13.1. The second kappa shape index (κ2) is 10.1. The zero-order valence-corrected chi connectivity index (χ0v) is 19.1. The fraction of sp³-hybridized carbons (Fsp3) is 0.261. The molecule has 0 saturated carbocycles. The van der Waals surface area contributed by atoms with Gasteiger partial charge in [-0.15, -0.1) is 0 Å². The number of benzene rings is 2. The minimum absolute atomic E-state index is 0.0186. The van der Waals surface area contributed by atoms with Gasteiger partial charge in [0, 0.05) is 25.1 Å². The molecule has 0 radical (unpaired) electrons. The van der Waals surface area contributed by atoms with E-state index in [1.54, 1.807) is 12.4 Å². The number of nitrogens with zero attached hydrogens (tertiary/aromatic N) is 3. The largest absolute Gasteiger partial charge is 0.418 e. The molecule has 0 unspecified atom stereocenters. The molecule has 0 aliphatic carbocycles. The number of anilines is 1. The van der Waals surface area contributed by atoms with Crippen molar-refractivity contribution in [1.82, 2.24) is 14.5 Å². The molecule has 3 rings (SSSR count). The van der Waals surface area contributed by atoms with Crippen molar-refractivity contribution in [1.29, 1.82) is 0 Å². The summed E-state index contributed by atoms with van der Waals surface area (Å²) in [5, 5.41) is 2.85. The maximum Gasteiger partial charge on any atom is 0.418 e. The van der Waals surface area contributed by atoms with Gasteiger partial charge in [0.1, 0.15) is 0 Å². The maximum atomic E-state index is 13.1. The molecule has 2 aromatic carbocycles. The number of para-hydroxylation sites is 1. The monoisotopic (exact) mass is 476 g/mol. The average Bonchev–Trinajstić information content (AvgIpc) is 3.19. The summed E-state index contributed by atoms with van der Waals surface area (Å²) in [5.41, 5.74) is 1.84. The number of nitrogens with one attached hydrogen (secondary N) is 1. The molecule has 0 fully saturated rings. The number of imidazole rings is 1. The van der Waals surface area contributed by atoms with E-state index in [0.717, 1.165) is 22.9 Å². The van der Waals surface area contributed by atoms with Crippen LogP contribution in [-0.4, -0.2) is 45.6 Å². The normalized spacial score (nSPS) is 11.3. The minimum atomic E-state index is -4.60. The summed E-state index contributed by atoms with van der Waals surface area (Å²) in [4.78, 5) is 30.2. The molecule has 10 heteroatoms. The summed E-state index contributed by atoms with van der Waals surface area (Å²) in [7, 11) is 1.43. The Morgan fingerprint density at radius 3 is 2.45 bits per heavy atom. The molecule has 1 heterocycles. The van der Waals surface area contributed by atoms with Crippen LogP contribution in [0.25, 0.3) is 5.69 Å². The zero-order valence-electron chi connectivity index (χ0n) is 18.3. The van der Waals surface area contributed by atoms with Crippen LogP contribution >= 0.6 is 11.8 Å². The molecule has 1 aromatic heterocycles. The Morgan fingerprint density at radius 1 is 1.12 bits per heavy atom. The van der Waals surface area contributed by atoms with Crippen molar-refractivity contribution >= 4 is 29.3 Å². The molecule has 0 bridgehead atoms. The van der Waals surface area contributed by atoms with Gasteiger partial charge in [0.15, 0.2) is 5.16 Å². The highest BCUT2D eigenvalue weighted by Crippen LogP contribution is 2.34. The molecular formula is C23H23F3N4O2S. The van der Waals surface area contributed by atoms with Crippen LogP contribution in [0.4, 0.5) is 18.9 Å². The van der Waals surface area contributed by atoms with E-state index in [1.807, 2.05) is 30.5 Å². The van der Waals surface area contributed by atoms with Gasteiger partial charge in [0.2, 0.25) is 11.8 Å². The SMILES string of the molecule is Cc1cc(C)cc(-n2ccnc2SCC(=O)N(C)CC(=O)Nc2ccccc2C(F)(F)F)c1. The highest BCUT2D eigenvalue weighted by molar-refractivity contribution is 7.99. The zero-order chi connectivity index (χ0) is 24.2. The lowest BCUT2D eigenvalue weighted by Crippen LogP contribution is -2.36. The number of halogens is 3. The summed E-state index contributed by atoms with van der Waals surface area (Å²) in [5.74, 6) is -1.05. The predicted molar refractivity (Wildman–Crippen MR) is 121 cm³/mol. The fourth-order valence-corrected chi connectivity index (χ4v) is 4.17. The van der Waals surface area contributed by atoms with E-state index in [9.17, 15) is 22.8 Å². The smallest absolute Gasteiger partial charge is 0.336 e. The highest BCUT2D eigenvalue weighted by Gasteiger charge is 2.33. The second-order valence-corrected chi connectivity index (χ2v) is 8.50. The van der Waals surface area contributed by atoms with Crippen LogP contribution in [0.1, 0.15) is 16.7 Å². The van der Waals surface area contributed by atoms with Gasteiger partial charge < -0.3 is 10.2 Å². The Morgan fingerprint density at radius 2 is 1.79 bits per heavy atom. The van der Waals surface area contributed by atoms with Crippen molar-refractivity contribution in [3.8, 4) is 5.69 Å². The van der Waals surface area contributed by atoms with Gasteiger partial charge in [0.05, 0.1) is 23.5 Å². The van der Waals surface area contributed by atoms with Gasteiger partial charge >= 0.3 is 6.18 Å². The van der Waals surface area contributed by atoms with Crippen LogP contribution in [0, 0.1) is 13.8 Å². The van der Waals surface area contributed by atoms with Crippen LogP contribution in [-0.2, 0) is 15.8 Å². The Balaban J connectivity index is 1.59. The molecule has 0 aliphatic heterocycles. The van der Waals surface area contributed by atoms with Crippen LogP contribution in [0.5, 0.6) is 0 Å². The van der Waals surface area contributed by atoms with E-state index < -0.39 is 17.6 Å². The number of aromatic nitrogens is 2.